The summed E-state index contributed by atoms with van der Waals surface area (Å²) in [6, 6.07) is 34.3. The highest BCUT2D eigenvalue weighted by molar-refractivity contribution is 6.35. The van der Waals surface area contributed by atoms with Crippen molar-refractivity contribution >= 4 is 57.9 Å². The third-order valence-electron chi connectivity index (χ3n) is 7.13. The molecule has 0 spiro atoms. The van der Waals surface area contributed by atoms with Crippen LogP contribution < -0.4 is 20.2 Å². The van der Waals surface area contributed by atoms with Gasteiger partial charge in [-0.1, -0.05) is 96.0 Å². The molecule has 6 nitrogen and oxygen atoms in total. The van der Waals surface area contributed by atoms with Crippen molar-refractivity contribution in [3.05, 3.63) is 140 Å². The zero-order valence-electron chi connectivity index (χ0n) is 22.8. The van der Waals surface area contributed by atoms with Gasteiger partial charge in [-0.25, -0.2) is 9.98 Å². The van der Waals surface area contributed by atoms with Gasteiger partial charge in [0.05, 0.1) is 23.3 Å². The summed E-state index contributed by atoms with van der Waals surface area (Å²) in [6.45, 7) is 0. The number of benzene rings is 5. The summed E-state index contributed by atoms with van der Waals surface area (Å²) >= 11 is 13.7. The second kappa shape index (κ2) is 11.2. The maximum atomic E-state index is 9.73. The second-order valence-corrected chi connectivity index (χ2v) is 10.7. The Labute approximate surface area is 262 Å². The molecule has 0 N–H and O–H groups in total. The van der Waals surface area contributed by atoms with Crippen molar-refractivity contribution < 1.29 is 9.47 Å². The van der Waals surface area contributed by atoms with Crippen LogP contribution in [0.15, 0.2) is 107 Å². The molecule has 5 aromatic carbocycles. The molecule has 5 aromatic rings. The molecule has 0 atom stereocenters. The molecule has 44 heavy (non-hydrogen) atoms. The maximum Gasteiger partial charge on any atom is 0.175 e. The molecule has 0 saturated carbocycles. The van der Waals surface area contributed by atoms with Gasteiger partial charge < -0.3 is 9.47 Å². The van der Waals surface area contributed by atoms with Crippen LogP contribution in [-0.4, -0.2) is 0 Å². The predicted octanol–water partition coefficient (Wildman–Crippen LogP) is 9.24. The van der Waals surface area contributed by atoms with Crippen molar-refractivity contribution in [1.29, 1.82) is 10.5 Å². The third kappa shape index (κ3) is 4.89. The summed E-state index contributed by atoms with van der Waals surface area (Å²) in [5.41, 5.74) is 5.31. The molecule has 0 aromatic heterocycles. The van der Waals surface area contributed by atoms with Crippen molar-refractivity contribution in [3.8, 4) is 35.1 Å². The fourth-order valence-corrected chi connectivity index (χ4v) is 5.50. The first-order valence-corrected chi connectivity index (χ1v) is 14.2. The normalized spacial score (nSPS) is 12.8. The van der Waals surface area contributed by atoms with E-state index >= 15 is 0 Å². The molecule has 0 fully saturated rings. The minimum Gasteiger partial charge on any atom is -0.451 e. The van der Waals surface area contributed by atoms with Gasteiger partial charge in [0.25, 0.3) is 0 Å². The van der Waals surface area contributed by atoms with Crippen LogP contribution in [-0.2, 0) is 0 Å². The standard InChI is InChI=1S/C36H18Cl2N4O2/c37-31-34-36(44-30-18-22(12-14-28(30)42-34)16-26(20-40)24-9-5-2-6-10-24)32(38)33-35(31)43-29-17-21(11-13-27(29)41-33)15-25(19-39)23-7-3-1-4-8-23/h1-18H/b25-15+,26-16+. The van der Waals surface area contributed by atoms with Crippen molar-refractivity contribution in [3.63, 3.8) is 0 Å². The van der Waals surface area contributed by atoms with E-state index in [1.807, 2.05) is 72.8 Å². The Morgan fingerprint density at radius 1 is 0.591 bits per heavy atom. The van der Waals surface area contributed by atoms with E-state index in [0.29, 0.717) is 44.7 Å². The number of fused-ring (bicyclic) bond motifs is 4. The van der Waals surface area contributed by atoms with E-state index in [1.165, 1.54) is 0 Å². The Morgan fingerprint density at radius 2 is 1.00 bits per heavy atom. The molecule has 7 rings (SSSR count). The van der Waals surface area contributed by atoms with Crippen molar-refractivity contribution in [1.82, 2.24) is 0 Å². The molecule has 0 amide bonds. The highest BCUT2D eigenvalue weighted by Crippen LogP contribution is 2.43. The van der Waals surface area contributed by atoms with Crippen molar-refractivity contribution in [2.75, 3.05) is 0 Å². The largest absolute Gasteiger partial charge is 0.451 e. The van der Waals surface area contributed by atoms with E-state index in [2.05, 4.69) is 12.1 Å². The maximum absolute atomic E-state index is 9.73. The summed E-state index contributed by atoms with van der Waals surface area (Å²) in [4.78, 5) is 9.48. The van der Waals surface area contributed by atoms with E-state index in [4.69, 9.17) is 42.7 Å². The van der Waals surface area contributed by atoms with Gasteiger partial charge in [0.15, 0.2) is 23.0 Å². The molecule has 8 heteroatoms. The number of nitriles is 2. The van der Waals surface area contributed by atoms with E-state index < -0.39 is 0 Å². The summed E-state index contributed by atoms with van der Waals surface area (Å²) in [7, 11) is 0. The van der Waals surface area contributed by atoms with Crippen LogP contribution in [0.25, 0.3) is 23.3 Å². The molecule has 0 aliphatic carbocycles. The molecule has 0 saturated heterocycles. The minimum atomic E-state index is 0.210. The van der Waals surface area contributed by atoms with Gasteiger partial charge in [0.2, 0.25) is 0 Å². The zero-order valence-corrected chi connectivity index (χ0v) is 24.3. The fraction of sp³-hybridized carbons (Fsp3) is 0. The van der Waals surface area contributed by atoms with Crippen LogP contribution in [0, 0.1) is 22.7 Å². The lowest BCUT2D eigenvalue weighted by molar-refractivity contribution is 0.451. The molecule has 208 valence electrons. The van der Waals surface area contributed by atoms with E-state index in [9.17, 15) is 10.5 Å². The molecule has 2 aliphatic rings. The molecular weight excluding hydrogens is 591 g/mol. The van der Waals surface area contributed by atoms with Crippen molar-refractivity contribution in [2.45, 2.75) is 0 Å². The van der Waals surface area contributed by atoms with Crippen LogP contribution in [0.5, 0.6) is 23.0 Å². The Bertz CT molecular complexity index is 2100. The second-order valence-electron chi connectivity index (χ2n) is 9.94. The molecule has 2 heterocycles. The fourth-order valence-electron chi connectivity index (χ4n) is 4.99. The van der Waals surface area contributed by atoms with E-state index in [0.717, 1.165) is 22.3 Å². The highest BCUT2D eigenvalue weighted by atomic mass is 35.5. The average molecular weight is 609 g/mol. The van der Waals surface area contributed by atoms with Gasteiger partial charge in [0, 0.05) is 0 Å². The number of rotatable bonds is 4. The molecular formula is C36H18Cl2N4O2. The van der Waals surface area contributed by atoms with Gasteiger partial charge in [-0.2, -0.15) is 10.5 Å². The first-order chi connectivity index (χ1) is 21.5. The first kappa shape index (κ1) is 27.2. The Hall–Kier alpha value is -5.66. The quantitative estimate of drug-likeness (QED) is 0.147. The monoisotopic (exact) mass is 608 g/mol. The molecule has 0 bridgehead atoms. The van der Waals surface area contributed by atoms with Gasteiger partial charge in [-0.05, 0) is 58.7 Å². The lowest BCUT2D eigenvalue weighted by Crippen LogP contribution is -2.22. The summed E-state index contributed by atoms with van der Waals surface area (Å²) in [5.74, 6) is 1.47. The Kier molecular flexibility index (Phi) is 6.92. The topological polar surface area (TPSA) is 90.8 Å². The average Bonchev–Trinajstić information content (AvgIpc) is 3.07. The number of ether oxygens (including phenoxy) is 2. The third-order valence-corrected chi connectivity index (χ3v) is 7.83. The summed E-state index contributed by atoms with van der Waals surface area (Å²) in [6.07, 6.45) is 3.58. The summed E-state index contributed by atoms with van der Waals surface area (Å²) < 4.78 is 12.5. The van der Waals surface area contributed by atoms with Crippen LogP contribution >= 0.6 is 23.2 Å². The lowest BCUT2D eigenvalue weighted by Gasteiger charge is -2.21. The van der Waals surface area contributed by atoms with Gasteiger partial charge in [-0.3, -0.25) is 0 Å². The Morgan fingerprint density at radius 3 is 1.39 bits per heavy atom. The molecule has 2 aliphatic heterocycles. The number of halogens is 2. The van der Waals surface area contributed by atoms with E-state index in [-0.39, 0.29) is 21.5 Å². The lowest BCUT2D eigenvalue weighted by atomic mass is 10.0. The molecule has 0 unspecified atom stereocenters. The number of hydrogen-bond acceptors (Lipinski definition) is 6. The van der Waals surface area contributed by atoms with Crippen LogP contribution in [0.3, 0.4) is 0 Å². The minimum absolute atomic E-state index is 0.210. The van der Waals surface area contributed by atoms with Crippen LogP contribution in [0.1, 0.15) is 22.3 Å². The first-order valence-electron chi connectivity index (χ1n) is 13.5. The highest BCUT2D eigenvalue weighted by Gasteiger charge is 2.27. The van der Waals surface area contributed by atoms with Crippen molar-refractivity contribution in [2.24, 2.45) is 9.98 Å². The Balaban J connectivity index is 1.27. The van der Waals surface area contributed by atoms with Crippen LogP contribution in [0.4, 0.5) is 11.4 Å². The number of allylic oxidation sites excluding steroid dienone is 2. The van der Waals surface area contributed by atoms with Gasteiger partial charge in [-0.15, -0.1) is 0 Å². The van der Waals surface area contributed by atoms with E-state index in [1.54, 1.807) is 36.4 Å². The van der Waals surface area contributed by atoms with Crippen LogP contribution in [0.2, 0.25) is 10.0 Å². The van der Waals surface area contributed by atoms with Gasteiger partial charge >= 0.3 is 0 Å². The number of hydrogen-bond donors (Lipinski definition) is 0. The zero-order chi connectivity index (χ0) is 30.2. The summed E-state index contributed by atoms with van der Waals surface area (Å²) in [5, 5.41) is 20.6. The SMILES string of the molecule is N#C/C(=C\c1ccc2c(c1)Oc1c(Cl)c3c(c(Cl)c1=N2)Oc1cc(/C=C(\C#N)c2ccccc2)ccc1N=3)c1ccccc1. The van der Waals surface area contributed by atoms with Gasteiger partial charge in [0.1, 0.15) is 32.1 Å². The smallest absolute Gasteiger partial charge is 0.175 e. The predicted molar refractivity (Wildman–Crippen MR) is 171 cm³/mol. The molecule has 0 radical (unpaired) electrons. The number of nitrogens with zero attached hydrogens (tertiary/aromatic N) is 4.